The molecule has 0 atom stereocenters. The maximum atomic E-state index is 15.0. The fraction of sp³-hybridized carbons (Fsp3) is 0.367. The lowest BCUT2D eigenvalue weighted by atomic mass is 9.94. The molecule has 3 aliphatic rings. The number of fused-ring (bicyclic) bond motifs is 2. The number of nitrogens with two attached hydrogens (primary N) is 1. The van der Waals surface area contributed by atoms with Gasteiger partial charge in [-0.1, -0.05) is 17.7 Å². The number of anilines is 1. The highest BCUT2D eigenvalue weighted by atomic mass is 35.5. The van der Waals surface area contributed by atoms with Crippen LogP contribution in [0.25, 0.3) is 22.3 Å². The molecule has 0 unspecified atom stereocenters. The molecule has 45 heavy (non-hydrogen) atoms. The molecule has 1 aromatic carbocycles. The second-order valence-electron chi connectivity index (χ2n) is 11.6. The number of ether oxygens (including phenoxy) is 2. The number of primary amides is 1. The van der Waals surface area contributed by atoms with Crippen molar-refractivity contribution in [3.8, 4) is 16.9 Å². The van der Waals surface area contributed by atoms with Crippen LogP contribution in [0.1, 0.15) is 47.4 Å². The van der Waals surface area contributed by atoms with Gasteiger partial charge in [-0.05, 0) is 67.9 Å². The van der Waals surface area contributed by atoms with Gasteiger partial charge in [0.2, 0.25) is 0 Å². The Bertz CT molecular complexity index is 1840. The Morgan fingerprint density at radius 3 is 2.60 bits per heavy atom. The summed E-state index contributed by atoms with van der Waals surface area (Å²) in [5.74, 6) is -2.41. The lowest BCUT2D eigenvalue weighted by molar-refractivity contribution is -0.193. The summed E-state index contributed by atoms with van der Waals surface area (Å²) in [6.07, 6.45) is 2.00. The zero-order valence-corrected chi connectivity index (χ0v) is 24.2. The zero-order chi connectivity index (χ0) is 31.7. The van der Waals surface area contributed by atoms with Crippen LogP contribution in [0, 0.1) is 5.92 Å². The highest BCUT2D eigenvalue weighted by Gasteiger charge is 2.51. The van der Waals surface area contributed by atoms with Crippen LogP contribution >= 0.6 is 11.6 Å². The van der Waals surface area contributed by atoms with Gasteiger partial charge in [-0.15, -0.1) is 0 Å². The van der Waals surface area contributed by atoms with Crippen molar-refractivity contribution >= 4 is 40.3 Å². The van der Waals surface area contributed by atoms with Crippen LogP contribution in [0.3, 0.4) is 0 Å². The molecule has 2 N–H and O–H groups in total. The number of nitrogens with zero attached hydrogens (tertiary/aromatic N) is 5. The second-order valence-corrected chi connectivity index (χ2v) is 12.0. The molecule has 2 fully saturated rings. The van der Waals surface area contributed by atoms with Crippen molar-refractivity contribution in [1.82, 2.24) is 19.5 Å². The summed E-state index contributed by atoms with van der Waals surface area (Å²) < 4.78 is 67.1. The number of rotatable bonds is 10. The third-order valence-electron chi connectivity index (χ3n) is 8.38. The molecule has 0 saturated heterocycles. The number of halogens is 5. The van der Waals surface area contributed by atoms with Gasteiger partial charge in [0.15, 0.2) is 11.4 Å². The maximum Gasteiger partial charge on any atom is 0.482 e. The fourth-order valence-corrected chi connectivity index (χ4v) is 5.88. The lowest BCUT2D eigenvalue weighted by Gasteiger charge is -2.33. The molecule has 4 aromatic rings. The maximum absolute atomic E-state index is 15.0. The van der Waals surface area contributed by atoms with E-state index in [-0.39, 0.29) is 52.7 Å². The number of amides is 2. The first-order valence-corrected chi connectivity index (χ1v) is 14.6. The van der Waals surface area contributed by atoms with Gasteiger partial charge in [-0.25, -0.2) is 9.97 Å². The average Bonchev–Trinajstić information content (AvgIpc) is 3.92. The number of pyridine rings is 2. The smallest absolute Gasteiger partial charge is 0.423 e. The van der Waals surface area contributed by atoms with Gasteiger partial charge in [-0.2, -0.15) is 17.6 Å². The third kappa shape index (κ3) is 5.35. The van der Waals surface area contributed by atoms with Crippen molar-refractivity contribution in [2.45, 2.75) is 56.9 Å². The van der Waals surface area contributed by atoms with Crippen LogP contribution in [0.4, 0.5) is 23.2 Å². The summed E-state index contributed by atoms with van der Waals surface area (Å²) in [5.41, 5.74) is 7.02. The second kappa shape index (κ2) is 10.7. The van der Waals surface area contributed by atoms with E-state index in [1.165, 1.54) is 36.8 Å². The van der Waals surface area contributed by atoms with E-state index >= 15 is 0 Å². The Morgan fingerprint density at radius 2 is 1.96 bits per heavy atom. The first kappa shape index (κ1) is 29.4. The Balaban J connectivity index is 1.38. The quantitative estimate of drug-likeness (QED) is 0.228. The summed E-state index contributed by atoms with van der Waals surface area (Å²) in [5, 5.41) is 0.342. The minimum atomic E-state index is -4.19. The molecular weight excluding hydrogens is 620 g/mol. The summed E-state index contributed by atoms with van der Waals surface area (Å²) >= 11 is 5.90. The van der Waals surface area contributed by atoms with Gasteiger partial charge in [0.1, 0.15) is 5.52 Å². The van der Waals surface area contributed by atoms with Crippen LogP contribution in [0.15, 0.2) is 42.9 Å². The van der Waals surface area contributed by atoms with E-state index in [1.54, 1.807) is 10.6 Å². The van der Waals surface area contributed by atoms with Crippen molar-refractivity contribution in [3.05, 3.63) is 64.8 Å². The van der Waals surface area contributed by atoms with E-state index in [0.29, 0.717) is 41.3 Å². The Kier molecular flexibility index (Phi) is 6.96. The molecule has 2 saturated carbocycles. The van der Waals surface area contributed by atoms with Crippen molar-refractivity contribution < 1.29 is 36.6 Å². The first-order valence-electron chi connectivity index (χ1n) is 14.2. The summed E-state index contributed by atoms with van der Waals surface area (Å²) in [6, 6.07) is 7.32. The highest BCUT2D eigenvalue weighted by Crippen LogP contribution is 2.48. The third-order valence-corrected chi connectivity index (χ3v) is 8.60. The molecule has 2 aliphatic carbocycles. The molecule has 10 nitrogen and oxygen atoms in total. The largest absolute Gasteiger partial charge is 0.482 e. The molecule has 0 radical (unpaired) electrons. The zero-order valence-electron chi connectivity index (χ0n) is 23.5. The number of alkyl halides is 4. The van der Waals surface area contributed by atoms with Crippen molar-refractivity contribution in [2.75, 3.05) is 11.5 Å². The van der Waals surface area contributed by atoms with Crippen molar-refractivity contribution in [2.24, 2.45) is 11.7 Å². The molecular formula is C30H25ClF4N6O4. The van der Waals surface area contributed by atoms with Gasteiger partial charge in [0, 0.05) is 11.8 Å². The van der Waals surface area contributed by atoms with E-state index in [0.717, 1.165) is 17.7 Å². The molecule has 15 heteroatoms. The lowest BCUT2D eigenvalue weighted by Crippen LogP contribution is -2.50. The summed E-state index contributed by atoms with van der Waals surface area (Å²) in [7, 11) is 0. The summed E-state index contributed by atoms with van der Waals surface area (Å²) in [4.78, 5) is 40.0. The minimum absolute atomic E-state index is 0.0576. The molecule has 7 rings (SSSR count). The average molecular weight is 645 g/mol. The topological polar surface area (TPSA) is 125 Å². The molecule has 4 heterocycles. The van der Waals surface area contributed by atoms with E-state index in [9.17, 15) is 27.2 Å². The van der Waals surface area contributed by atoms with Gasteiger partial charge in [0.05, 0.1) is 52.7 Å². The summed E-state index contributed by atoms with van der Waals surface area (Å²) in [6.45, 7) is -3.51. The highest BCUT2D eigenvalue weighted by molar-refractivity contribution is 6.30. The first-order chi connectivity index (χ1) is 21.5. The number of benzene rings is 1. The number of hydrogen-bond donors (Lipinski definition) is 1. The van der Waals surface area contributed by atoms with Gasteiger partial charge in [-0.3, -0.25) is 19.5 Å². The van der Waals surface area contributed by atoms with Gasteiger partial charge < -0.3 is 19.8 Å². The molecule has 3 aromatic heterocycles. The van der Waals surface area contributed by atoms with Crippen LogP contribution < -0.4 is 15.4 Å². The van der Waals surface area contributed by atoms with E-state index < -0.39 is 30.1 Å². The Hall–Kier alpha value is -4.30. The van der Waals surface area contributed by atoms with Gasteiger partial charge >= 0.3 is 18.6 Å². The van der Waals surface area contributed by atoms with Crippen molar-refractivity contribution in [1.29, 1.82) is 0 Å². The predicted molar refractivity (Wildman–Crippen MR) is 153 cm³/mol. The monoisotopic (exact) mass is 644 g/mol. The standard InChI is InChI=1S/C30H25ClF4N6O4/c31-17-4-5-18(37-11-17)12-40-20-6-3-16(10-21(20)45-30(34,35)27(40)43)22-23(25(36)42)19(9-15-1-2-15)39-26-24(22)38-14-41(26)29(7-8-29)13-44-28(32)33/h3-6,10-11,14-15,28H,1-2,7-9,12-13H2,(H2,36,42). The minimum Gasteiger partial charge on any atom is -0.423 e. The Morgan fingerprint density at radius 1 is 1.18 bits per heavy atom. The number of hydrogen-bond acceptors (Lipinski definition) is 7. The molecule has 234 valence electrons. The van der Waals surface area contributed by atoms with Crippen LogP contribution in [0.2, 0.25) is 5.02 Å². The van der Waals surface area contributed by atoms with Crippen LogP contribution in [-0.2, 0) is 28.0 Å². The fourth-order valence-electron chi connectivity index (χ4n) is 5.77. The molecule has 0 bridgehead atoms. The number of carbonyl (C=O) groups excluding carboxylic acids is 2. The molecule has 2 amide bonds. The van der Waals surface area contributed by atoms with Crippen molar-refractivity contribution in [3.63, 3.8) is 0 Å². The van der Waals surface area contributed by atoms with Crippen LogP contribution in [0.5, 0.6) is 5.75 Å². The molecule has 1 aliphatic heterocycles. The number of aromatic nitrogens is 4. The molecule has 0 spiro atoms. The van der Waals surface area contributed by atoms with Crippen LogP contribution in [-0.4, -0.2) is 50.7 Å². The van der Waals surface area contributed by atoms with Gasteiger partial charge in [0.25, 0.3) is 5.91 Å². The van der Waals surface area contributed by atoms with E-state index in [4.69, 9.17) is 27.1 Å². The van der Waals surface area contributed by atoms with E-state index in [2.05, 4.69) is 14.7 Å². The number of imidazole rings is 1. The Labute approximate surface area is 258 Å². The number of carbonyl (C=O) groups is 2. The van der Waals surface area contributed by atoms with E-state index in [1.807, 2.05) is 0 Å². The SMILES string of the molecule is NC(=O)c1c(CC2CC2)nc2c(ncn2C2(COC(F)F)CC2)c1-c1ccc2c(c1)OC(F)(F)C(=O)N2Cc1ccc(Cl)cn1. The normalized spacial score (nSPS) is 18.3. The predicted octanol–water partition coefficient (Wildman–Crippen LogP) is 5.44.